The zero-order chi connectivity index (χ0) is 25.0. The third-order valence-corrected chi connectivity index (χ3v) is 4.87. The lowest BCUT2D eigenvalue weighted by Gasteiger charge is -2.26. The van der Waals surface area contributed by atoms with Crippen molar-refractivity contribution in [1.29, 1.82) is 0 Å². The monoisotopic (exact) mass is 464 g/mol. The topological polar surface area (TPSA) is 117 Å². The molecule has 0 fully saturated rings. The molecule has 1 aromatic rings. The summed E-state index contributed by atoms with van der Waals surface area (Å²) < 4.78 is 5.23. The van der Waals surface area contributed by atoms with Gasteiger partial charge in [-0.3, -0.25) is 19.2 Å². The van der Waals surface area contributed by atoms with Crippen LogP contribution in [0.5, 0.6) is 0 Å². The highest BCUT2D eigenvalue weighted by molar-refractivity contribution is 5.91. The average Bonchev–Trinajstić information content (AvgIpc) is 2.78. The van der Waals surface area contributed by atoms with Gasteiger partial charge in [0.1, 0.15) is 18.7 Å². The molecule has 0 aliphatic carbocycles. The number of hydrogen-bond acceptors (Lipinski definition) is 6. The van der Waals surface area contributed by atoms with Crippen LogP contribution in [0.4, 0.5) is 4.79 Å². The van der Waals surface area contributed by atoms with E-state index in [9.17, 15) is 19.2 Å². The van der Waals surface area contributed by atoms with Gasteiger partial charge in [-0.25, -0.2) is 9.86 Å². The van der Waals surface area contributed by atoms with E-state index in [0.717, 1.165) is 10.6 Å². The number of rotatable bonds is 12. The predicted molar refractivity (Wildman–Crippen MR) is 123 cm³/mol. The van der Waals surface area contributed by atoms with Crippen LogP contribution in [0.25, 0.3) is 0 Å². The molecule has 1 unspecified atom stereocenters. The minimum atomic E-state index is -0.997. The Balaban J connectivity index is 2.85. The van der Waals surface area contributed by atoms with Crippen LogP contribution < -0.4 is 10.6 Å². The summed E-state index contributed by atoms with van der Waals surface area (Å²) in [5, 5.41) is 6.23. The first-order valence-corrected chi connectivity index (χ1v) is 10.8. The average molecular weight is 465 g/mol. The maximum atomic E-state index is 13.0. The number of alkyl carbamates (subject to hydrolysis) is 1. The van der Waals surface area contributed by atoms with Crippen LogP contribution in [0.1, 0.15) is 38.7 Å². The van der Waals surface area contributed by atoms with Gasteiger partial charge >= 0.3 is 6.09 Å². The van der Waals surface area contributed by atoms with Crippen molar-refractivity contribution in [3.05, 3.63) is 35.9 Å². The van der Waals surface area contributed by atoms with Crippen LogP contribution in [0.15, 0.2) is 30.3 Å². The molecule has 2 N–H and O–H groups in total. The molecule has 2 atom stereocenters. The summed E-state index contributed by atoms with van der Waals surface area (Å²) in [7, 11) is 5.97. The second-order valence-electron chi connectivity index (χ2n) is 8.29. The SMILES string of the molecule is CON(C)C(=O)C(CCC(=O)N(C)C)NC(=O)[C@H](CC(C)C)NC(=O)OCc1ccccc1. The Kier molecular flexibility index (Phi) is 11.9. The Bertz CT molecular complexity index is 784. The second kappa shape index (κ2) is 14.1. The van der Waals surface area contributed by atoms with E-state index in [1.165, 1.54) is 19.1 Å². The van der Waals surface area contributed by atoms with Crippen LogP contribution in [0.2, 0.25) is 0 Å². The fourth-order valence-corrected chi connectivity index (χ4v) is 2.94. The lowest BCUT2D eigenvalue weighted by atomic mass is 10.0. The molecule has 0 saturated carbocycles. The normalized spacial score (nSPS) is 12.5. The maximum absolute atomic E-state index is 13.0. The van der Waals surface area contributed by atoms with E-state index in [-0.39, 0.29) is 31.3 Å². The van der Waals surface area contributed by atoms with Crippen molar-refractivity contribution >= 4 is 23.8 Å². The van der Waals surface area contributed by atoms with Gasteiger partial charge < -0.3 is 20.3 Å². The molecule has 10 heteroatoms. The van der Waals surface area contributed by atoms with Crippen LogP contribution >= 0.6 is 0 Å². The standard InChI is InChI=1S/C23H36N4O6/c1-16(2)14-19(25-23(31)33-15-17-10-8-7-9-11-17)21(29)24-18(22(30)27(5)32-6)12-13-20(28)26(3)4/h7-11,16,18-19H,12-15H2,1-6H3,(H,24,29)(H,25,31)/t18?,19-/m0/s1. The van der Waals surface area contributed by atoms with Gasteiger partial charge in [-0.2, -0.15) is 0 Å². The predicted octanol–water partition coefficient (Wildman–Crippen LogP) is 1.70. The largest absolute Gasteiger partial charge is 0.445 e. The summed E-state index contributed by atoms with van der Waals surface area (Å²) in [6.07, 6.45) is -0.256. The second-order valence-corrected chi connectivity index (χ2v) is 8.29. The third kappa shape index (κ3) is 10.3. The molecule has 0 aliphatic rings. The Morgan fingerprint density at radius 2 is 1.61 bits per heavy atom. The van der Waals surface area contributed by atoms with E-state index in [2.05, 4.69) is 10.6 Å². The first-order chi connectivity index (χ1) is 15.5. The number of carbonyl (C=O) groups is 4. The molecule has 0 bridgehead atoms. The van der Waals surface area contributed by atoms with Crippen molar-refractivity contribution in [2.75, 3.05) is 28.3 Å². The molecule has 0 saturated heterocycles. The summed E-state index contributed by atoms with van der Waals surface area (Å²) in [6.45, 7) is 3.89. The van der Waals surface area contributed by atoms with Crippen LogP contribution in [-0.2, 0) is 30.6 Å². The summed E-state index contributed by atoms with van der Waals surface area (Å²) >= 11 is 0. The summed E-state index contributed by atoms with van der Waals surface area (Å²) in [6, 6.07) is 7.26. The van der Waals surface area contributed by atoms with Gasteiger partial charge in [0.05, 0.1) is 7.11 Å². The van der Waals surface area contributed by atoms with Crippen LogP contribution in [0, 0.1) is 5.92 Å². The fourth-order valence-electron chi connectivity index (χ4n) is 2.94. The van der Waals surface area contributed by atoms with E-state index in [0.29, 0.717) is 6.42 Å². The van der Waals surface area contributed by atoms with E-state index in [4.69, 9.17) is 9.57 Å². The van der Waals surface area contributed by atoms with Gasteiger partial charge in [-0.05, 0) is 24.3 Å². The van der Waals surface area contributed by atoms with E-state index >= 15 is 0 Å². The fraction of sp³-hybridized carbons (Fsp3) is 0.565. The number of hydroxylamine groups is 2. The number of ether oxygens (including phenoxy) is 1. The molecular formula is C23H36N4O6. The van der Waals surface area contributed by atoms with Crippen LogP contribution in [-0.4, -0.2) is 74.1 Å². The molecule has 0 spiro atoms. The Morgan fingerprint density at radius 1 is 0.970 bits per heavy atom. The maximum Gasteiger partial charge on any atom is 0.408 e. The van der Waals surface area contributed by atoms with E-state index in [1.807, 2.05) is 44.2 Å². The molecule has 1 rings (SSSR count). The molecule has 4 amide bonds. The molecule has 0 heterocycles. The van der Waals surface area contributed by atoms with Gasteiger partial charge in [0.2, 0.25) is 11.8 Å². The first-order valence-electron chi connectivity index (χ1n) is 10.8. The van der Waals surface area contributed by atoms with E-state index < -0.39 is 30.0 Å². The van der Waals surface area contributed by atoms with Crippen molar-refractivity contribution < 1.29 is 28.8 Å². The van der Waals surface area contributed by atoms with Crippen molar-refractivity contribution in [2.45, 2.75) is 51.8 Å². The van der Waals surface area contributed by atoms with Gasteiger partial charge in [0, 0.05) is 27.6 Å². The number of benzene rings is 1. The van der Waals surface area contributed by atoms with Crippen molar-refractivity contribution in [3.8, 4) is 0 Å². The third-order valence-electron chi connectivity index (χ3n) is 4.87. The minimum absolute atomic E-state index is 0.0582. The zero-order valence-electron chi connectivity index (χ0n) is 20.3. The zero-order valence-corrected chi connectivity index (χ0v) is 20.3. The number of amides is 4. The first kappa shape index (κ1) is 27.9. The summed E-state index contributed by atoms with van der Waals surface area (Å²) in [4.78, 5) is 56.3. The molecule has 10 nitrogen and oxygen atoms in total. The smallest absolute Gasteiger partial charge is 0.408 e. The van der Waals surface area contributed by atoms with Crippen molar-refractivity contribution in [3.63, 3.8) is 0 Å². The summed E-state index contributed by atoms with van der Waals surface area (Å²) in [5.74, 6) is -1.14. The Morgan fingerprint density at radius 3 is 2.15 bits per heavy atom. The quantitative estimate of drug-likeness (QED) is 0.455. The van der Waals surface area contributed by atoms with Gasteiger partial charge in [-0.15, -0.1) is 0 Å². The number of hydrogen-bond donors (Lipinski definition) is 2. The molecule has 1 aromatic carbocycles. The lowest BCUT2D eigenvalue weighted by molar-refractivity contribution is -0.172. The Labute approximate surface area is 195 Å². The number of carbonyl (C=O) groups excluding carboxylic acids is 4. The molecule has 0 aromatic heterocycles. The highest BCUT2D eigenvalue weighted by atomic mass is 16.7. The molecule has 0 radical (unpaired) electrons. The minimum Gasteiger partial charge on any atom is -0.445 e. The molecule has 0 aliphatic heterocycles. The van der Waals surface area contributed by atoms with Crippen LogP contribution in [0.3, 0.4) is 0 Å². The highest BCUT2D eigenvalue weighted by Crippen LogP contribution is 2.09. The number of likely N-dealkylation sites (N-methyl/N-ethyl adjacent to an activating group) is 1. The molecular weight excluding hydrogens is 428 g/mol. The molecule has 184 valence electrons. The highest BCUT2D eigenvalue weighted by Gasteiger charge is 2.30. The van der Waals surface area contributed by atoms with Crippen molar-refractivity contribution in [2.24, 2.45) is 5.92 Å². The summed E-state index contributed by atoms with van der Waals surface area (Å²) in [5.41, 5.74) is 0.816. The van der Waals surface area contributed by atoms with E-state index in [1.54, 1.807) is 14.1 Å². The Hall–Kier alpha value is -3.14. The molecule has 33 heavy (non-hydrogen) atoms. The number of nitrogens with zero attached hydrogens (tertiary/aromatic N) is 2. The van der Waals surface area contributed by atoms with Gasteiger partial charge in [0.15, 0.2) is 0 Å². The number of nitrogens with one attached hydrogen (secondary N) is 2. The van der Waals surface area contributed by atoms with Crippen molar-refractivity contribution in [1.82, 2.24) is 20.6 Å². The van der Waals surface area contributed by atoms with Gasteiger partial charge in [-0.1, -0.05) is 44.2 Å². The van der Waals surface area contributed by atoms with Gasteiger partial charge in [0.25, 0.3) is 5.91 Å². The lowest BCUT2D eigenvalue weighted by Crippen LogP contribution is -2.54.